The molecule has 1 aliphatic carbocycles. The molecule has 25 heavy (non-hydrogen) atoms. The van der Waals surface area contributed by atoms with Gasteiger partial charge in [-0.15, -0.1) is 11.3 Å². The minimum absolute atomic E-state index is 0.0518. The predicted molar refractivity (Wildman–Crippen MR) is 93.9 cm³/mol. The van der Waals surface area contributed by atoms with Crippen LogP contribution in [0.5, 0.6) is 0 Å². The molecule has 0 saturated heterocycles. The number of esters is 1. The summed E-state index contributed by atoms with van der Waals surface area (Å²) in [7, 11) is 0. The van der Waals surface area contributed by atoms with Gasteiger partial charge in [0, 0.05) is 11.6 Å². The van der Waals surface area contributed by atoms with Gasteiger partial charge < -0.3 is 10.1 Å². The van der Waals surface area contributed by atoms with Crippen molar-refractivity contribution >= 4 is 23.2 Å². The molecule has 4 nitrogen and oxygen atoms in total. The van der Waals surface area contributed by atoms with Gasteiger partial charge in [-0.25, -0.2) is 9.18 Å². The van der Waals surface area contributed by atoms with Gasteiger partial charge in [-0.05, 0) is 30.4 Å². The highest BCUT2D eigenvalue weighted by molar-refractivity contribution is 7.11. The molecule has 1 N–H and O–H groups in total. The van der Waals surface area contributed by atoms with E-state index in [0.717, 1.165) is 32.1 Å². The van der Waals surface area contributed by atoms with Crippen molar-refractivity contribution in [2.24, 2.45) is 0 Å². The first-order chi connectivity index (χ1) is 12.1. The van der Waals surface area contributed by atoms with E-state index in [9.17, 15) is 14.0 Å². The molecule has 0 bridgehead atoms. The molecule has 0 spiro atoms. The van der Waals surface area contributed by atoms with Crippen molar-refractivity contribution in [3.8, 4) is 0 Å². The van der Waals surface area contributed by atoms with Crippen LogP contribution >= 0.6 is 11.3 Å². The van der Waals surface area contributed by atoms with Gasteiger partial charge in [-0.1, -0.05) is 43.5 Å². The van der Waals surface area contributed by atoms with Gasteiger partial charge in [-0.2, -0.15) is 0 Å². The smallest absolute Gasteiger partial charge is 0.349 e. The molecule has 132 valence electrons. The van der Waals surface area contributed by atoms with Crippen LogP contribution in [0, 0.1) is 5.82 Å². The number of amides is 1. The Morgan fingerprint density at radius 1 is 1.12 bits per heavy atom. The van der Waals surface area contributed by atoms with Crippen LogP contribution in [0.4, 0.5) is 4.39 Å². The second-order valence-electron chi connectivity index (χ2n) is 6.13. The normalized spacial score (nSPS) is 16.2. The number of halogens is 1. The summed E-state index contributed by atoms with van der Waals surface area (Å²) in [4.78, 5) is 25.4. The number of nitrogens with one attached hydrogen (secondary N) is 1. The van der Waals surface area contributed by atoms with Gasteiger partial charge in [0.2, 0.25) is 6.10 Å². The third-order valence-corrected chi connectivity index (χ3v) is 5.17. The molecule has 0 unspecified atom stereocenters. The van der Waals surface area contributed by atoms with Gasteiger partial charge >= 0.3 is 5.97 Å². The number of carbonyl (C=O) groups excluding carboxylic acids is 2. The molecular formula is C19H20FNO3S. The van der Waals surface area contributed by atoms with Crippen LogP contribution in [0.25, 0.3) is 0 Å². The molecule has 2 aromatic rings. The fourth-order valence-corrected chi connectivity index (χ4v) is 3.63. The van der Waals surface area contributed by atoms with E-state index in [1.54, 1.807) is 23.6 Å². The van der Waals surface area contributed by atoms with Crippen molar-refractivity contribution in [2.75, 3.05) is 0 Å². The number of rotatable bonds is 5. The van der Waals surface area contributed by atoms with Crippen molar-refractivity contribution in [3.63, 3.8) is 0 Å². The lowest BCUT2D eigenvalue weighted by molar-refractivity contribution is -0.131. The van der Waals surface area contributed by atoms with Gasteiger partial charge in [0.25, 0.3) is 5.91 Å². The monoisotopic (exact) mass is 361 g/mol. The molecule has 1 aromatic heterocycles. The fraction of sp³-hybridized carbons (Fsp3) is 0.368. The fourth-order valence-electron chi connectivity index (χ4n) is 3.03. The van der Waals surface area contributed by atoms with Gasteiger partial charge in [0.05, 0.1) is 0 Å². The number of benzene rings is 1. The van der Waals surface area contributed by atoms with E-state index in [1.807, 2.05) is 0 Å². The minimum Gasteiger partial charge on any atom is -0.443 e. The highest BCUT2D eigenvalue weighted by Crippen LogP contribution is 2.25. The van der Waals surface area contributed by atoms with Gasteiger partial charge in [-0.3, -0.25) is 4.79 Å². The van der Waals surface area contributed by atoms with Crippen LogP contribution < -0.4 is 5.32 Å². The Balaban J connectivity index is 1.79. The minimum atomic E-state index is -1.29. The molecule has 1 saturated carbocycles. The van der Waals surface area contributed by atoms with Gasteiger partial charge in [0.1, 0.15) is 10.7 Å². The van der Waals surface area contributed by atoms with E-state index in [-0.39, 0.29) is 11.6 Å². The quantitative estimate of drug-likeness (QED) is 0.811. The van der Waals surface area contributed by atoms with Crippen LogP contribution in [-0.4, -0.2) is 17.9 Å². The predicted octanol–water partition coefficient (Wildman–Crippen LogP) is 4.23. The van der Waals surface area contributed by atoms with Crippen LogP contribution in [0.2, 0.25) is 0 Å². The van der Waals surface area contributed by atoms with E-state index >= 15 is 0 Å². The summed E-state index contributed by atoms with van der Waals surface area (Å²) < 4.78 is 19.6. The first-order valence-corrected chi connectivity index (χ1v) is 9.32. The van der Waals surface area contributed by atoms with Crippen LogP contribution in [-0.2, 0) is 9.53 Å². The first-order valence-electron chi connectivity index (χ1n) is 8.44. The maximum Gasteiger partial charge on any atom is 0.349 e. The molecule has 3 rings (SSSR count). The van der Waals surface area contributed by atoms with Crippen LogP contribution in [0.3, 0.4) is 0 Å². The zero-order valence-electron chi connectivity index (χ0n) is 13.7. The third-order valence-electron chi connectivity index (χ3n) is 4.32. The molecular weight excluding hydrogens is 341 g/mol. The summed E-state index contributed by atoms with van der Waals surface area (Å²) in [5.74, 6) is -1.66. The molecule has 1 aromatic carbocycles. The van der Waals surface area contributed by atoms with E-state index in [0.29, 0.717) is 4.88 Å². The summed E-state index contributed by atoms with van der Waals surface area (Å²) >= 11 is 1.22. The zero-order chi connectivity index (χ0) is 17.6. The highest BCUT2D eigenvalue weighted by Gasteiger charge is 2.30. The number of hydrogen-bond donors (Lipinski definition) is 1. The second kappa shape index (κ2) is 8.25. The maximum atomic E-state index is 14.2. The number of ether oxygens (including phenoxy) is 1. The summed E-state index contributed by atoms with van der Waals surface area (Å²) in [6.07, 6.45) is 3.78. The van der Waals surface area contributed by atoms with Crippen LogP contribution in [0.15, 0.2) is 41.8 Å². The lowest BCUT2D eigenvalue weighted by Crippen LogP contribution is -2.40. The van der Waals surface area contributed by atoms with Crippen molar-refractivity contribution in [2.45, 2.75) is 44.2 Å². The van der Waals surface area contributed by atoms with Crippen molar-refractivity contribution in [1.29, 1.82) is 0 Å². The molecule has 1 atom stereocenters. The average molecular weight is 361 g/mol. The molecule has 0 aliphatic heterocycles. The lowest BCUT2D eigenvalue weighted by Gasteiger charge is -2.25. The molecule has 1 fully saturated rings. The Morgan fingerprint density at radius 3 is 2.56 bits per heavy atom. The van der Waals surface area contributed by atoms with E-state index in [2.05, 4.69) is 5.32 Å². The Bertz CT molecular complexity index is 726. The Morgan fingerprint density at radius 2 is 1.88 bits per heavy atom. The molecule has 6 heteroatoms. The zero-order valence-corrected chi connectivity index (χ0v) is 14.6. The van der Waals surface area contributed by atoms with Gasteiger partial charge in [0.15, 0.2) is 0 Å². The third kappa shape index (κ3) is 4.45. The number of carbonyl (C=O) groups is 2. The topological polar surface area (TPSA) is 55.4 Å². The molecule has 1 aliphatic rings. The highest BCUT2D eigenvalue weighted by atomic mass is 32.1. The Labute approximate surface area is 150 Å². The number of thiophene rings is 1. The maximum absolute atomic E-state index is 14.2. The summed E-state index contributed by atoms with van der Waals surface area (Å²) in [6, 6.07) is 9.29. The summed E-state index contributed by atoms with van der Waals surface area (Å²) in [5, 5.41) is 4.66. The molecule has 1 amide bonds. The number of hydrogen-bond acceptors (Lipinski definition) is 4. The van der Waals surface area contributed by atoms with Crippen molar-refractivity contribution in [1.82, 2.24) is 5.32 Å². The standard InChI is InChI=1S/C19H20FNO3S/c20-15-10-5-4-9-14(15)17(24-19(23)16-11-6-12-25-16)18(22)21-13-7-2-1-3-8-13/h4-6,9-13,17H,1-3,7-8H2,(H,21,22)/t17-/m1/s1. The lowest BCUT2D eigenvalue weighted by atomic mass is 9.95. The summed E-state index contributed by atoms with van der Waals surface area (Å²) in [5.41, 5.74) is 0.0701. The summed E-state index contributed by atoms with van der Waals surface area (Å²) in [6.45, 7) is 0. The van der Waals surface area contributed by atoms with Crippen molar-refractivity contribution in [3.05, 3.63) is 58.0 Å². The van der Waals surface area contributed by atoms with Crippen molar-refractivity contribution < 1.29 is 18.7 Å². The van der Waals surface area contributed by atoms with E-state index in [1.165, 1.54) is 29.5 Å². The Kier molecular flexibility index (Phi) is 5.81. The largest absolute Gasteiger partial charge is 0.443 e. The molecule has 1 heterocycles. The second-order valence-corrected chi connectivity index (χ2v) is 7.08. The van der Waals surface area contributed by atoms with E-state index in [4.69, 9.17) is 4.74 Å². The van der Waals surface area contributed by atoms with E-state index < -0.39 is 23.8 Å². The first kappa shape index (κ1) is 17.6. The van der Waals surface area contributed by atoms with Crippen LogP contribution in [0.1, 0.15) is 53.4 Å². The molecule has 0 radical (unpaired) electrons. The Hall–Kier alpha value is -2.21. The SMILES string of the molecule is O=C(O[C@@H](C(=O)NC1CCCCC1)c1ccccc1F)c1cccs1. The average Bonchev–Trinajstić information content (AvgIpc) is 3.16.